The molecule has 1 amide bonds. The molecule has 1 aromatic carbocycles. The summed E-state index contributed by atoms with van der Waals surface area (Å²) >= 11 is 0. The molecule has 0 saturated carbocycles. The van der Waals surface area contributed by atoms with Crippen LogP contribution in [-0.4, -0.2) is 58.3 Å². The standard InChI is InChI=1S/C20H25F3N4O2/c1-14-16(15(2)25(3)24-14)12-26-8-10-27(11-9-26)19(28)13-29-18-7-5-4-6-17(18)20(21,22)23/h4-7H,8-13H2,1-3H3. The number of nitrogens with zero attached hydrogens (tertiary/aromatic N) is 4. The minimum Gasteiger partial charge on any atom is -0.483 e. The molecule has 0 N–H and O–H groups in total. The Morgan fingerprint density at radius 2 is 1.79 bits per heavy atom. The van der Waals surface area contributed by atoms with Gasteiger partial charge >= 0.3 is 6.18 Å². The van der Waals surface area contributed by atoms with Crippen molar-refractivity contribution in [3.05, 3.63) is 46.8 Å². The Morgan fingerprint density at radius 3 is 2.38 bits per heavy atom. The molecule has 1 aromatic heterocycles. The van der Waals surface area contributed by atoms with Gasteiger partial charge in [-0.15, -0.1) is 0 Å². The van der Waals surface area contributed by atoms with E-state index in [9.17, 15) is 18.0 Å². The lowest BCUT2D eigenvalue weighted by atomic mass is 10.1. The fourth-order valence-electron chi connectivity index (χ4n) is 3.48. The zero-order valence-electron chi connectivity index (χ0n) is 16.8. The number of rotatable bonds is 5. The van der Waals surface area contributed by atoms with Gasteiger partial charge in [-0.3, -0.25) is 14.4 Å². The van der Waals surface area contributed by atoms with Crippen LogP contribution in [0.1, 0.15) is 22.5 Å². The van der Waals surface area contributed by atoms with Crippen molar-refractivity contribution in [2.24, 2.45) is 7.05 Å². The zero-order valence-corrected chi connectivity index (χ0v) is 16.8. The van der Waals surface area contributed by atoms with Gasteiger partial charge < -0.3 is 9.64 Å². The number of aromatic nitrogens is 2. The van der Waals surface area contributed by atoms with Gasteiger partial charge in [0.2, 0.25) is 0 Å². The Kier molecular flexibility index (Phi) is 6.16. The SMILES string of the molecule is Cc1nn(C)c(C)c1CN1CCN(C(=O)COc2ccccc2C(F)(F)F)CC1. The molecule has 158 valence electrons. The normalized spacial score (nSPS) is 15.6. The largest absolute Gasteiger partial charge is 0.483 e. The summed E-state index contributed by atoms with van der Waals surface area (Å²) in [4.78, 5) is 16.3. The number of ether oxygens (including phenoxy) is 1. The molecule has 0 spiro atoms. The first-order valence-electron chi connectivity index (χ1n) is 9.45. The van der Waals surface area contributed by atoms with Crippen molar-refractivity contribution in [1.29, 1.82) is 0 Å². The van der Waals surface area contributed by atoms with Crippen LogP contribution in [0.5, 0.6) is 5.75 Å². The second kappa shape index (κ2) is 8.44. The smallest absolute Gasteiger partial charge is 0.419 e. The molecule has 1 aliphatic heterocycles. The van der Waals surface area contributed by atoms with E-state index in [1.807, 2.05) is 25.6 Å². The number of carbonyl (C=O) groups excluding carboxylic acids is 1. The average molecular weight is 410 g/mol. The molecule has 0 radical (unpaired) electrons. The predicted octanol–water partition coefficient (Wildman–Crippen LogP) is 2.78. The molecule has 1 aliphatic rings. The molecular formula is C20H25F3N4O2. The topological polar surface area (TPSA) is 50.6 Å². The van der Waals surface area contributed by atoms with Crippen molar-refractivity contribution >= 4 is 5.91 Å². The number of hydrogen-bond acceptors (Lipinski definition) is 4. The van der Waals surface area contributed by atoms with Crippen molar-refractivity contribution in [3.8, 4) is 5.75 Å². The second-order valence-corrected chi connectivity index (χ2v) is 7.21. The Hall–Kier alpha value is -2.55. The van der Waals surface area contributed by atoms with E-state index in [1.165, 1.54) is 23.8 Å². The summed E-state index contributed by atoms with van der Waals surface area (Å²) in [6.45, 7) is 6.79. The zero-order chi connectivity index (χ0) is 21.2. The summed E-state index contributed by atoms with van der Waals surface area (Å²) in [7, 11) is 1.92. The van der Waals surface area contributed by atoms with Crippen LogP contribution in [0.15, 0.2) is 24.3 Å². The molecule has 9 heteroatoms. The average Bonchev–Trinajstić information content (AvgIpc) is 2.92. The fourth-order valence-corrected chi connectivity index (χ4v) is 3.48. The van der Waals surface area contributed by atoms with Gasteiger partial charge in [0.1, 0.15) is 5.75 Å². The van der Waals surface area contributed by atoms with Gasteiger partial charge in [-0.2, -0.15) is 18.3 Å². The van der Waals surface area contributed by atoms with Crippen LogP contribution >= 0.6 is 0 Å². The van der Waals surface area contributed by atoms with Crippen LogP contribution in [0, 0.1) is 13.8 Å². The van der Waals surface area contributed by atoms with Crippen LogP contribution in [-0.2, 0) is 24.6 Å². The minimum absolute atomic E-state index is 0.310. The molecule has 3 rings (SSSR count). The molecule has 2 aromatic rings. The molecular weight excluding hydrogens is 385 g/mol. The fraction of sp³-hybridized carbons (Fsp3) is 0.500. The Morgan fingerprint density at radius 1 is 1.14 bits per heavy atom. The molecule has 6 nitrogen and oxygen atoms in total. The maximum atomic E-state index is 13.0. The third kappa shape index (κ3) is 4.90. The lowest BCUT2D eigenvalue weighted by Crippen LogP contribution is -2.49. The van der Waals surface area contributed by atoms with Crippen LogP contribution in [0.4, 0.5) is 13.2 Å². The minimum atomic E-state index is -4.52. The van der Waals surface area contributed by atoms with Crippen molar-refractivity contribution in [2.75, 3.05) is 32.8 Å². The molecule has 1 fully saturated rings. The summed E-state index contributed by atoms with van der Waals surface area (Å²) in [5, 5.41) is 4.43. The molecule has 0 bridgehead atoms. The van der Waals surface area contributed by atoms with Gasteiger partial charge in [0, 0.05) is 51.0 Å². The molecule has 0 atom stereocenters. The highest BCUT2D eigenvalue weighted by Crippen LogP contribution is 2.35. The van der Waals surface area contributed by atoms with Gasteiger partial charge in [0.25, 0.3) is 5.91 Å². The van der Waals surface area contributed by atoms with E-state index in [4.69, 9.17) is 4.74 Å². The summed E-state index contributed by atoms with van der Waals surface area (Å²) in [5.74, 6) is -0.634. The molecule has 2 heterocycles. The first-order valence-corrected chi connectivity index (χ1v) is 9.45. The Balaban J connectivity index is 1.52. The molecule has 0 aliphatic carbocycles. The van der Waals surface area contributed by atoms with Gasteiger partial charge in [-0.05, 0) is 26.0 Å². The van der Waals surface area contributed by atoms with Gasteiger partial charge in [0.15, 0.2) is 6.61 Å². The van der Waals surface area contributed by atoms with E-state index >= 15 is 0 Å². The second-order valence-electron chi connectivity index (χ2n) is 7.21. The number of para-hydroxylation sites is 1. The number of carbonyl (C=O) groups is 1. The highest BCUT2D eigenvalue weighted by Gasteiger charge is 2.34. The maximum absolute atomic E-state index is 13.0. The van der Waals surface area contributed by atoms with E-state index < -0.39 is 18.3 Å². The Labute approximate surface area is 167 Å². The summed E-state index contributed by atoms with van der Waals surface area (Å²) in [6.07, 6.45) is -4.52. The first kappa shape index (κ1) is 21.2. The molecule has 29 heavy (non-hydrogen) atoms. The maximum Gasteiger partial charge on any atom is 0.419 e. The summed E-state index contributed by atoms with van der Waals surface area (Å²) in [5.41, 5.74) is 2.44. The van der Waals surface area contributed by atoms with Gasteiger partial charge in [-0.25, -0.2) is 0 Å². The first-order chi connectivity index (χ1) is 13.7. The highest BCUT2D eigenvalue weighted by atomic mass is 19.4. The number of hydrogen-bond donors (Lipinski definition) is 0. The highest BCUT2D eigenvalue weighted by molar-refractivity contribution is 5.78. The van der Waals surface area contributed by atoms with Gasteiger partial charge in [0.05, 0.1) is 11.3 Å². The lowest BCUT2D eigenvalue weighted by Gasteiger charge is -2.34. The predicted molar refractivity (Wildman–Crippen MR) is 101 cm³/mol. The van der Waals surface area contributed by atoms with E-state index in [0.717, 1.165) is 24.0 Å². The Bertz CT molecular complexity index is 871. The number of piperazine rings is 1. The number of alkyl halides is 3. The van der Waals surface area contributed by atoms with E-state index in [-0.39, 0.29) is 11.7 Å². The van der Waals surface area contributed by atoms with Crippen molar-refractivity contribution in [3.63, 3.8) is 0 Å². The summed E-state index contributed by atoms with van der Waals surface area (Å²) in [6, 6.07) is 4.92. The lowest BCUT2D eigenvalue weighted by molar-refractivity contribution is -0.141. The quantitative estimate of drug-likeness (QED) is 0.761. The van der Waals surface area contributed by atoms with Crippen molar-refractivity contribution < 1.29 is 22.7 Å². The van der Waals surface area contributed by atoms with E-state index in [0.29, 0.717) is 26.2 Å². The number of benzene rings is 1. The molecule has 0 unspecified atom stereocenters. The number of halogens is 3. The van der Waals surface area contributed by atoms with Crippen molar-refractivity contribution in [2.45, 2.75) is 26.6 Å². The van der Waals surface area contributed by atoms with Crippen molar-refractivity contribution in [1.82, 2.24) is 19.6 Å². The van der Waals surface area contributed by atoms with Crippen LogP contribution in [0.3, 0.4) is 0 Å². The number of amides is 1. The van der Waals surface area contributed by atoms with E-state index in [2.05, 4.69) is 10.00 Å². The van der Waals surface area contributed by atoms with E-state index in [1.54, 1.807) is 4.90 Å². The molecule has 1 saturated heterocycles. The third-order valence-corrected chi connectivity index (χ3v) is 5.31. The van der Waals surface area contributed by atoms with Crippen LogP contribution < -0.4 is 4.74 Å². The van der Waals surface area contributed by atoms with Crippen LogP contribution in [0.2, 0.25) is 0 Å². The van der Waals surface area contributed by atoms with Gasteiger partial charge in [-0.1, -0.05) is 12.1 Å². The van der Waals surface area contributed by atoms with Crippen LogP contribution in [0.25, 0.3) is 0 Å². The monoisotopic (exact) mass is 410 g/mol. The number of aryl methyl sites for hydroxylation is 2. The summed E-state index contributed by atoms with van der Waals surface area (Å²) < 4.78 is 46.1. The third-order valence-electron chi connectivity index (χ3n) is 5.31.